The molecule has 0 fully saturated rings. The Bertz CT molecular complexity index is 997. The van der Waals surface area contributed by atoms with Crippen molar-refractivity contribution in [2.24, 2.45) is 0 Å². The van der Waals surface area contributed by atoms with Gasteiger partial charge in [0.1, 0.15) is 5.75 Å². The monoisotopic (exact) mass is 463 g/mol. The van der Waals surface area contributed by atoms with Gasteiger partial charge in [-0.3, -0.25) is 4.79 Å². The predicted octanol–water partition coefficient (Wildman–Crippen LogP) is 3.77. The molecular weight excluding hydrogens is 442 g/mol. The van der Waals surface area contributed by atoms with Crippen molar-refractivity contribution in [3.8, 4) is 17.2 Å². The van der Waals surface area contributed by atoms with E-state index in [-0.39, 0.29) is 18.3 Å². The lowest BCUT2D eigenvalue weighted by atomic mass is 10.1. The van der Waals surface area contributed by atoms with E-state index in [1.807, 2.05) is 18.2 Å². The third kappa shape index (κ3) is 7.08. The van der Waals surface area contributed by atoms with Crippen LogP contribution in [-0.4, -0.2) is 42.6 Å². The van der Waals surface area contributed by atoms with E-state index >= 15 is 0 Å². The fraction of sp³-hybridized carbons (Fsp3) is 0.286. The van der Waals surface area contributed by atoms with Crippen LogP contribution in [0, 0.1) is 0 Å². The number of nitrogens with one attached hydrogen (secondary N) is 1. The number of aromatic nitrogens is 2. The van der Waals surface area contributed by atoms with Crippen molar-refractivity contribution in [3.05, 3.63) is 58.9 Å². The standard InChI is InChI=1S/C21H22ClN3O5S/c1-27-17-8-3-14(11-18(17)28-2)9-10-23-19(26)13-31-21-25-24-20(30-21)12-29-16-6-4-15(22)5-7-16/h3-8,11H,9-10,12-13H2,1-2H3,(H,23,26). The molecule has 8 nitrogen and oxygen atoms in total. The molecule has 0 bridgehead atoms. The Morgan fingerprint density at radius 3 is 2.61 bits per heavy atom. The molecule has 1 amide bonds. The van der Waals surface area contributed by atoms with Gasteiger partial charge in [0.2, 0.25) is 5.91 Å². The molecule has 31 heavy (non-hydrogen) atoms. The second-order valence-corrected chi connectivity index (χ2v) is 7.65. The molecule has 3 aromatic rings. The summed E-state index contributed by atoms with van der Waals surface area (Å²) < 4.78 is 21.5. The van der Waals surface area contributed by atoms with Gasteiger partial charge in [-0.05, 0) is 48.4 Å². The van der Waals surface area contributed by atoms with Crippen molar-refractivity contribution in [2.75, 3.05) is 26.5 Å². The van der Waals surface area contributed by atoms with Crippen LogP contribution in [0.25, 0.3) is 0 Å². The van der Waals surface area contributed by atoms with E-state index in [0.717, 1.165) is 5.56 Å². The highest BCUT2D eigenvalue weighted by Crippen LogP contribution is 2.27. The number of rotatable bonds is 11. The van der Waals surface area contributed by atoms with Crippen LogP contribution in [0.4, 0.5) is 0 Å². The first-order chi connectivity index (χ1) is 15.1. The molecule has 1 N–H and O–H groups in total. The summed E-state index contributed by atoms with van der Waals surface area (Å²) in [4.78, 5) is 12.1. The van der Waals surface area contributed by atoms with Crippen LogP contribution in [0.15, 0.2) is 52.1 Å². The predicted molar refractivity (Wildman–Crippen MR) is 117 cm³/mol. The van der Waals surface area contributed by atoms with E-state index in [2.05, 4.69) is 15.5 Å². The van der Waals surface area contributed by atoms with Crippen molar-refractivity contribution in [1.29, 1.82) is 0 Å². The van der Waals surface area contributed by atoms with Gasteiger partial charge in [-0.1, -0.05) is 29.4 Å². The molecule has 0 aliphatic carbocycles. The van der Waals surface area contributed by atoms with Gasteiger partial charge >= 0.3 is 0 Å². The van der Waals surface area contributed by atoms with Crippen LogP contribution in [0.5, 0.6) is 17.2 Å². The van der Waals surface area contributed by atoms with Crippen LogP contribution < -0.4 is 19.5 Å². The molecule has 164 valence electrons. The average molecular weight is 464 g/mol. The van der Waals surface area contributed by atoms with Crippen molar-refractivity contribution in [2.45, 2.75) is 18.3 Å². The maximum absolute atomic E-state index is 12.1. The molecule has 0 aliphatic heterocycles. The van der Waals surface area contributed by atoms with Crippen LogP contribution in [0.2, 0.25) is 5.02 Å². The summed E-state index contributed by atoms with van der Waals surface area (Å²) in [6, 6.07) is 12.6. The highest BCUT2D eigenvalue weighted by Gasteiger charge is 2.11. The van der Waals surface area contributed by atoms with Crippen LogP contribution in [0.1, 0.15) is 11.5 Å². The Morgan fingerprint density at radius 1 is 1.10 bits per heavy atom. The van der Waals surface area contributed by atoms with Gasteiger partial charge in [0, 0.05) is 11.6 Å². The van der Waals surface area contributed by atoms with E-state index in [1.54, 1.807) is 38.5 Å². The maximum atomic E-state index is 12.1. The lowest BCUT2D eigenvalue weighted by Gasteiger charge is -2.10. The minimum Gasteiger partial charge on any atom is -0.493 e. The van der Waals surface area contributed by atoms with Gasteiger partial charge in [0.15, 0.2) is 18.1 Å². The van der Waals surface area contributed by atoms with Crippen molar-refractivity contribution in [1.82, 2.24) is 15.5 Å². The topological polar surface area (TPSA) is 95.7 Å². The third-order valence-electron chi connectivity index (χ3n) is 4.13. The second-order valence-electron chi connectivity index (χ2n) is 6.28. The molecular formula is C21H22ClN3O5S. The summed E-state index contributed by atoms with van der Waals surface area (Å²) in [5.74, 6) is 2.35. The lowest BCUT2D eigenvalue weighted by Crippen LogP contribution is -2.27. The Kier molecular flexibility index (Phi) is 8.43. The van der Waals surface area contributed by atoms with E-state index < -0.39 is 0 Å². The summed E-state index contributed by atoms with van der Waals surface area (Å²) >= 11 is 7.01. The Balaban J connectivity index is 1.37. The molecule has 3 rings (SSSR count). The number of methoxy groups -OCH3 is 2. The van der Waals surface area contributed by atoms with Crippen LogP contribution >= 0.6 is 23.4 Å². The largest absolute Gasteiger partial charge is 0.493 e. The number of hydrogen-bond donors (Lipinski definition) is 1. The van der Waals surface area contributed by atoms with Crippen LogP contribution in [0.3, 0.4) is 0 Å². The zero-order valence-electron chi connectivity index (χ0n) is 17.1. The average Bonchev–Trinajstić information content (AvgIpc) is 3.25. The van der Waals surface area contributed by atoms with Crippen LogP contribution in [-0.2, 0) is 17.8 Å². The van der Waals surface area contributed by atoms with E-state index in [4.69, 9.17) is 30.2 Å². The number of carbonyl (C=O) groups is 1. The first-order valence-corrected chi connectivity index (χ1v) is 10.7. The summed E-state index contributed by atoms with van der Waals surface area (Å²) in [7, 11) is 3.18. The highest BCUT2D eigenvalue weighted by molar-refractivity contribution is 7.99. The van der Waals surface area contributed by atoms with Gasteiger partial charge in [-0.2, -0.15) is 0 Å². The number of hydrogen-bond acceptors (Lipinski definition) is 8. The smallest absolute Gasteiger partial charge is 0.277 e. The molecule has 0 unspecified atom stereocenters. The van der Waals surface area contributed by atoms with Gasteiger partial charge in [0.05, 0.1) is 20.0 Å². The minimum atomic E-state index is -0.123. The van der Waals surface area contributed by atoms with E-state index in [9.17, 15) is 4.79 Å². The fourth-order valence-electron chi connectivity index (χ4n) is 2.59. The molecule has 0 aliphatic rings. The van der Waals surface area contributed by atoms with Crippen molar-refractivity contribution < 1.29 is 23.4 Å². The van der Waals surface area contributed by atoms with Crippen molar-refractivity contribution >= 4 is 29.3 Å². The molecule has 1 heterocycles. The first-order valence-electron chi connectivity index (χ1n) is 9.38. The molecule has 10 heteroatoms. The molecule has 0 radical (unpaired) electrons. The number of amides is 1. The zero-order chi connectivity index (χ0) is 22.1. The Morgan fingerprint density at radius 2 is 1.87 bits per heavy atom. The number of nitrogens with zero attached hydrogens (tertiary/aromatic N) is 2. The number of benzene rings is 2. The van der Waals surface area contributed by atoms with Gasteiger partial charge < -0.3 is 23.9 Å². The summed E-state index contributed by atoms with van der Waals surface area (Å²) in [5, 5.41) is 11.6. The highest BCUT2D eigenvalue weighted by atomic mass is 35.5. The van der Waals surface area contributed by atoms with Gasteiger partial charge in [-0.15, -0.1) is 10.2 Å². The molecule has 2 aromatic carbocycles. The molecule has 0 atom stereocenters. The SMILES string of the molecule is COc1ccc(CCNC(=O)CSc2nnc(COc3ccc(Cl)cc3)o2)cc1OC. The normalized spacial score (nSPS) is 10.5. The summed E-state index contributed by atoms with van der Waals surface area (Å²) in [6.07, 6.45) is 0.670. The number of ether oxygens (including phenoxy) is 3. The maximum Gasteiger partial charge on any atom is 0.277 e. The van der Waals surface area contributed by atoms with E-state index in [0.29, 0.717) is 46.4 Å². The second kappa shape index (κ2) is 11.5. The minimum absolute atomic E-state index is 0.123. The summed E-state index contributed by atoms with van der Waals surface area (Å²) in [6.45, 7) is 0.631. The molecule has 1 aromatic heterocycles. The number of carbonyl (C=O) groups excluding carboxylic acids is 1. The first kappa shape index (κ1) is 22.8. The quantitative estimate of drug-likeness (QED) is 0.429. The lowest BCUT2D eigenvalue weighted by molar-refractivity contribution is -0.118. The molecule has 0 saturated carbocycles. The number of halogens is 1. The fourth-order valence-corrected chi connectivity index (χ4v) is 3.33. The molecule has 0 spiro atoms. The third-order valence-corrected chi connectivity index (χ3v) is 5.21. The van der Waals surface area contributed by atoms with Gasteiger partial charge in [-0.25, -0.2) is 0 Å². The molecule has 0 saturated heterocycles. The Labute approximate surface area is 189 Å². The zero-order valence-corrected chi connectivity index (χ0v) is 18.7. The number of thioether (sulfide) groups is 1. The Hall–Kier alpha value is -2.91. The van der Waals surface area contributed by atoms with Gasteiger partial charge in [0.25, 0.3) is 11.1 Å². The van der Waals surface area contributed by atoms with E-state index in [1.165, 1.54) is 11.8 Å². The summed E-state index contributed by atoms with van der Waals surface area (Å²) in [5.41, 5.74) is 1.04. The van der Waals surface area contributed by atoms with Crippen molar-refractivity contribution in [3.63, 3.8) is 0 Å².